The molecule has 182 valence electrons. The second kappa shape index (κ2) is 13.2. The van der Waals surface area contributed by atoms with E-state index in [0.717, 1.165) is 50.5 Å². The molecule has 6 heteroatoms. The van der Waals surface area contributed by atoms with Gasteiger partial charge in [0.1, 0.15) is 0 Å². The Kier molecular flexibility index (Phi) is 10.3. The Balaban J connectivity index is 0.00000306. The zero-order chi connectivity index (χ0) is 22.2. The molecule has 1 saturated heterocycles. The van der Waals surface area contributed by atoms with E-state index in [9.17, 15) is 0 Å². The fourth-order valence-corrected chi connectivity index (χ4v) is 5.03. The van der Waals surface area contributed by atoms with E-state index < -0.39 is 0 Å². The summed E-state index contributed by atoms with van der Waals surface area (Å²) in [5, 5.41) is 0. The van der Waals surface area contributed by atoms with E-state index in [1.807, 2.05) is 6.07 Å². The van der Waals surface area contributed by atoms with Crippen LogP contribution in [0.3, 0.4) is 0 Å². The lowest BCUT2D eigenvalue weighted by Crippen LogP contribution is -2.46. The molecule has 1 aliphatic heterocycles. The number of rotatable bonds is 10. The van der Waals surface area contributed by atoms with Gasteiger partial charge >= 0.3 is 0 Å². The van der Waals surface area contributed by atoms with Gasteiger partial charge in [0.2, 0.25) is 0 Å². The summed E-state index contributed by atoms with van der Waals surface area (Å²) < 4.78 is 23.4. The molecule has 1 heterocycles. The van der Waals surface area contributed by atoms with Gasteiger partial charge in [-0.2, -0.15) is 0 Å². The zero-order valence-electron chi connectivity index (χ0n) is 19.9. The first-order valence-electron chi connectivity index (χ1n) is 12.0. The molecule has 2 unspecified atom stereocenters. The Morgan fingerprint density at radius 2 is 1.64 bits per heavy atom. The summed E-state index contributed by atoms with van der Waals surface area (Å²) in [6, 6.07) is 17.1. The minimum absolute atomic E-state index is 0. The van der Waals surface area contributed by atoms with Gasteiger partial charge in [-0.25, -0.2) is 0 Å². The first kappa shape index (κ1) is 25.8. The van der Waals surface area contributed by atoms with Crippen LogP contribution in [0.15, 0.2) is 48.5 Å². The van der Waals surface area contributed by atoms with Crippen LogP contribution in [0.2, 0.25) is 0 Å². The highest BCUT2D eigenvalue weighted by Crippen LogP contribution is 2.30. The standard InChI is InChI=1S/C27H37NO4.ClH/c1-29-26-13-12-21(18-27(26)30-2)15-17-31-25-11-7-6-10-24(25)28-16-14-23(19-28)32-20-22-8-4-3-5-9-22;/h3-5,8-9,12-13,18,23-25H,6-7,10-11,14-17,19-20H2,1-2H3;1H/t23-,24?,25?;/m0./s1. The molecule has 0 radical (unpaired) electrons. The third-order valence-electron chi connectivity index (χ3n) is 6.81. The molecule has 4 rings (SSSR count). The molecule has 1 saturated carbocycles. The van der Waals surface area contributed by atoms with E-state index in [4.69, 9.17) is 18.9 Å². The molecule has 0 aromatic heterocycles. The molecule has 2 aromatic carbocycles. The molecule has 2 fully saturated rings. The van der Waals surface area contributed by atoms with Gasteiger partial charge in [-0.15, -0.1) is 12.4 Å². The maximum atomic E-state index is 6.45. The Labute approximate surface area is 204 Å². The molecule has 1 aliphatic carbocycles. The Morgan fingerprint density at radius 3 is 2.42 bits per heavy atom. The molecule has 2 aliphatic rings. The number of benzene rings is 2. The fourth-order valence-electron chi connectivity index (χ4n) is 5.03. The SMILES string of the molecule is COc1ccc(CCOC2CCCCC2N2CC[C@H](OCc3ccccc3)C2)cc1OC.Cl. The van der Waals surface area contributed by atoms with E-state index in [1.54, 1.807) is 14.2 Å². The summed E-state index contributed by atoms with van der Waals surface area (Å²) in [5.74, 6) is 1.54. The van der Waals surface area contributed by atoms with Crippen molar-refractivity contribution >= 4 is 12.4 Å². The minimum atomic E-state index is 0. The number of nitrogens with zero attached hydrogens (tertiary/aromatic N) is 1. The Hall–Kier alpha value is -1.79. The van der Waals surface area contributed by atoms with Crippen molar-refractivity contribution in [3.8, 4) is 11.5 Å². The van der Waals surface area contributed by atoms with E-state index in [0.29, 0.717) is 24.9 Å². The van der Waals surface area contributed by atoms with Gasteiger partial charge in [-0.05, 0) is 48.9 Å². The summed E-state index contributed by atoms with van der Waals surface area (Å²) in [6.07, 6.45) is 7.58. The highest BCUT2D eigenvalue weighted by molar-refractivity contribution is 5.85. The van der Waals surface area contributed by atoms with Crippen LogP contribution in [-0.2, 0) is 22.5 Å². The lowest BCUT2D eigenvalue weighted by atomic mass is 9.91. The first-order chi connectivity index (χ1) is 15.8. The van der Waals surface area contributed by atoms with Gasteiger partial charge in [0.05, 0.1) is 39.6 Å². The smallest absolute Gasteiger partial charge is 0.160 e. The maximum absolute atomic E-state index is 6.45. The van der Waals surface area contributed by atoms with E-state index in [1.165, 1.54) is 30.4 Å². The monoisotopic (exact) mass is 475 g/mol. The van der Waals surface area contributed by atoms with Gasteiger partial charge in [0.15, 0.2) is 11.5 Å². The predicted molar refractivity (Wildman–Crippen MR) is 134 cm³/mol. The van der Waals surface area contributed by atoms with Crippen LogP contribution in [0, 0.1) is 0 Å². The van der Waals surface area contributed by atoms with E-state index in [-0.39, 0.29) is 12.4 Å². The van der Waals surface area contributed by atoms with Crippen LogP contribution in [-0.4, -0.2) is 57.1 Å². The summed E-state index contributed by atoms with van der Waals surface area (Å²) >= 11 is 0. The van der Waals surface area contributed by atoms with Gasteiger partial charge in [0, 0.05) is 19.1 Å². The van der Waals surface area contributed by atoms with Gasteiger partial charge in [-0.1, -0.05) is 49.2 Å². The van der Waals surface area contributed by atoms with Crippen molar-refractivity contribution in [2.75, 3.05) is 33.9 Å². The van der Waals surface area contributed by atoms with Crippen molar-refractivity contribution in [2.24, 2.45) is 0 Å². The summed E-state index contributed by atoms with van der Waals surface area (Å²) in [6.45, 7) is 3.57. The molecule has 0 bridgehead atoms. The Bertz CT molecular complexity index is 834. The zero-order valence-corrected chi connectivity index (χ0v) is 20.7. The number of ether oxygens (including phenoxy) is 4. The summed E-state index contributed by atoms with van der Waals surface area (Å²) in [4.78, 5) is 2.62. The van der Waals surface area contributed by atoms with E-state index >= 15 is 0 Å². The Morgan fingerprint density at radius 1 is 0.848 bits per heavy atom. The molecule has 5 nitrogen and oxygen atoms in total. The number of methoxy groups -OCH3 is 2. The van der Waals surface area contributed by atoms with Crippen LogP contribution in [0.25, 0.3) is 0 Å². The van der Waals surface area contributed by atoms with Crippen molar-refractivity contribution in [1.82, 2.24) is 4.90 Å². The highest BCUT2D eigenvalue weighted by atomic mass is 35.5. The average Bonchev–Trinajstić information content (AvgIpc) is 3.32. The number of halogens is 1. The molecular weight excluding hydrogens is 438 g/mol. The van der Waals surface area contributed by atoms with Crippen LogP contribution in [0.4, 0.5) is 0 Å². The maximum Gasteiger partial charge on any atom is 0.160 e. The lowest BCUT2D eigenvalue weighted by molar-refractivity contribution is -0.0352. The second-order valence-electron chi connectivity index (χ2n) is 8.90. The second-order valence-corrected chi connectivity index (χ2v) is 8.90. The average molecular weight is 476 g/mol. The highest BCUT2D eigenvalue weighted by Gasteiger charge is 2.35. The van der Waals surface area contributed by atoms with Crippen LogP contribution in [0.5, 0.6) is 11.5 Å². The van der Waals surface area contributed by atoms with Crippen molar-refractivity contribution in [1.29, 1.82) is 0 Å². The summed E-state index contributed by atoms with van der Waals surface area (Å²) in [7, 11) is 3.34. The predicted octanol–water partition coefficient (Wildman–Crippen LogP) is 5.29. The van der Waals surface area contributed by atoms with Crippen LogP contribution < -0.4 is 9.47 Å². The van der Waals surface area contributed by atoms with Crippen molar-refractivity contribution in [2.45, 2.75) is 63.4 Å². The molecule has 33 heavy (non-hydrogen) atoms. The molecule has 2 aromatic rings. The number of hydrogen-bond donors (Lipinski definition) is 0. The molecule has 0 N–H and O–H groups in total. The summed E-state index contributed by atoms with van der Waals surface area (Å²) in [5.41, 5.74) is 2.46. The van der Waals surface area contributed by atoms with Crippen molar-refractivity contribution in [3.63, 3.8) is 0 Å². The van der Waals surface area contributed by atoms with Crippen LogP contribution >= 0.6 is 12.4 Å². The third kappa shape index (κ3) is 7.10. The molecule has 0 spiro atoms. The normalized spacial score (nSPS) is 23.2. The number of hydrogen-bond acceptors (Lipinski definition) is 5. The molecule has 0 amide bonds. The largest absolute Gasteiger partial charge is 0.493 e. The number of likely N-dealkylation sites (tertiary alicyclic amines) is 1. The van der Waals surface area contributed by atoms with Crippen LogP contribution in [0.1, 0.15) is 43.2 Å². The molecular formula is C27H38ClNO4. The molecule has 3 atom stereocenters. The van der Waals surface area contributed by atoms with Gasteiger partial charge in [0.25, 0.3) is 0 Å². The van der Waals surface area contributed by atoms with Gasteiger partial charge in [-0.3, -0.25) is 4.90 Å². The van der Waals surface area contributed by atoms with Crippen molar-refractivity contribution in [3.05, 3.63) is 59.7 Å². The van der Waals surface area contributed by atoms with Gasteiger partial charge < -0.3 is 18.9 Å². The fraction of sp³-hybridized carbons (Fsp3) is 0.556. The topological polar surface area (TPSA) is 40.2 Å². The van der Waals surface area contributed by atoms with E-state index in [2.05, 4.69) is 47.4 Å². The lowest BCUT2D eigenvalue weighted by Gasteiger charge is -2.37. The minimum Gasteiger partial charge on any atom is -0.493 e. The third-order valence-corrected chi connectivity index (χ3v) is 6.81. The first-order valence-corrected chi connectivity index (χ1v) is 12.0. The quantitative estimate of drug-likeness (QED) is 0.467. The van der Waals surface area contributed by atoms with Crippen molar-refractivity contribution < 1.29 is 18.9 Å².